The van der Waals surface area contributed by atoms with E-state index in [4.69, 9.17) is 27.7 Å². The van der Waals surface area contributed by atoms with Gasteiger partial charge < -0.3 is 4.52 Å². The molecule has 6 nitrogen and oxygen atoms in total. The maximum atomic E-state index is 13.3. The first kappa shape index (κ1) is 21.6. The van der Waals surface area contributed by atoms with Crippen LogP contribution in [0.2, 0.25) is 10.0 Å². The van der Waals surface area contributed by atoms with Crippen molar-refractivity contribution in [3.05, 3.63) is 51.5 Å². The number of fused-ring (bicyclic) bond motifs is 1. The average Bonchev–Trinajstić information content (AvgIpc) is 2.98. The van der Waals surface area contributed by atoms with E-state index in [0.29, 0.717) is 11.2 Å². The average molecular weight is 479 g/mol. The van der Waals surface area contributed by atoms with Gasteiger partial charge in [0.15, 0.2) is 0 Å². The number of benzene rings is 2. The van der Waals surface area contributed by atoms with Gasteiger partial charge in [0.1, 0.15) is 6.29 Å². The van der Waals surface area contributed by atoms with Gasteiger partial charge in [0.05, 0.1) is 32.4 Å². The molecule has 0 amide bonds. The molecular formula is C17H17Cl2N2O4PS2. The second kappa shape index (κ2) is 8.69. The van der Waals surface area contributed by atoms with Gasteiger partial charge in [-0.05, 0) is 50.2 Å². The van der Waals surface area contributed by atoms with E-state index in [1.54, 1.807) is 25.1 Å². The first-order chi connectivity index (χ1) is 13.2. The molecule has 3 rings (SSSR count). The molecular weight excluding hydrogens is 462 g/mol. The molecule has 3 aromatic rings. The molecule has 1 atom stereocenters. The van der Waals surface area contributed by atoms with Crippen molar-refractivity contribution in [2.75, 3.05) is 17.2 Å². The van der Waals surface area contributed by atoms with Gasteiger partial charge >= 0.3 is 0 Å². The van der Waals surface area contributed by atoms with E-state index in [1.807, 2.05) is 6.92 Å². The van der Waals surface area contributed by atoms with E-state index in [0.717, 1.165) is 14.0 Å². The van der Waals surface area contributed by atoms with Crippen LogP contribution in [0.1, 0.15) is 11.9 Å². The predicted molar refractivity (Wildman–Crippen MR) is 116 cm³/mol. The number of thiazole rings is 1. The third kappa shape index (κ3) is 4.70. The van der Waals surface area contributed by atoms with Crippen LogP contribution < -0.4 is 4.31 Å². The molecule has 11 heteroatoms. The zero-order valence-electron chi connectivity index (χ0n) is 15.0. The van der Waals surface area contributed by atoms with E-state index in [9.17, 15) is 13.0 Å². The molecule has 0 saturated heterocycles. The van der Waals surface area contributed by atoms with E-state index in [-0.39, 0.29) is 27.8 Å². The predicted octanol–water partition coefficient (Wildman–Crippen LogP) is 5.58. The molecule has 0 aliphatic rings. The Labute approximate surface area is 178 Å². The monoisotopic (exact) mass is 478 g/mol. The fourth-order valence-electron chi connectivity index (χ4n) is 2.63. The summed E-state index contributed by atoms with van der Waals surface area (Å²) in [5.74, 6) is 0. The zero-order chi connectivity index (χ0) is 20.5. The minimum absolute atomic E-state index is 0.0918. The summed E-state index contributed by atoms with van der Waals surface area (Å²) in [5, 5.41) is 1.24. The molecule has 0 bridgehead atoms. The molecule has 2 aromatic carbocycles. The van der Waals surface area contributed by atoms with Crippen molar-refractivity contribution >= 4 is 68.5 Å². The lowest BCUT2D eigenvalue weighted by atomic mass is 10.3. The first-order valence-corrected chi connectivity index (χ1v) is 12.8. The summed E-state index contributed by atoms with van der Waals surface area (Å²) in [6, 6.07) is 9.16. The van der Waals surface area contributed by atoms with E-state index in [2.05, 4.69) is 4.98 Å². The Morgan fingerprint density at radius 1 is 1.18 bits per heavy atom. The van der Waals surface area contributed by atoms with E-state index >= 15 is 0 Å². The van der Waals surface area contributed by atoms with Crippen molar-refractivity contribution in [3.63, 3.8) is 0 Å². The van der Waals surface area contributed by atoms with Gasteiger partial charge in [0.25, 0.3) is 10.0 Å². The van der Waals surface area contributed by atoms with Crippen LogP contribution in [0.3, 0.4) is 0 Å². The largest absolute Gasteiger partial charge is 0.330 e. The van der Waals surface area contributed by atoms with Crippen LogP contribution in [0.25, 0.3) is 10.2 Å². The van der Waals surface area contributed by atoms with E-state index in [1.165, 1.54) is 29.5 Å². The molecule has 0 radical (unpaired) electrons. The Kier molecular flexibility index (Phi) is 6.69. The summed E-state index contributed by atoms with van der Waals surface area (Å²) in [6.45, 7) is 3.79. The molecule has 0 N–H and O–H groups in total. The normalized spacial score (nSPS) is 13.0. The first-order valence-electron chi connectivity index (χ1n) is 8.22. The maximum absolute atomic E-state index is 13.3. The van der Waals surface area contributed by atoms with Crippen molar-refractivity contribution in [1.29, 1.82) is 0 Å². The summed E-state index contributed by atoms with van der Waals surface area (Å²) in [6.07, 6.45) is -0.306. The molecule has 150 valence electrons. The minimum atomic E-state index is -4.09. The van der Waals surface area contributed by atoms with Crippen molar-refractivity contribution in [2.24, 2.45) is 0 Å². The van der Waals surface area contributed by atoms with Gasteiger partial charge in [0, 0.05) is 10.0 Å². The van der Waals surface area contributed by atoms with Crippen LogP contribution in [-0.4, -0.2) is 26.3 Å². The Balaban J connectivity index is 2.12. The fraction of sp³-hybridized carbons (Fsp3) is 0.235. The lowest BCUT2D eigenvalue weighted by molar-refractivity contribution is 0.351. The highest BCUT2D eigenvalue weighted by atomic mass is 35.5. The van der Waals surface area contributed by atoms with Crippen LogP contribution in [0.15, 0.2) is 41.3 Å². The number of rotatable bonds is 7. The molecule has 1 heterocycles. The van der Waals surface area contributed by atoms with Gasteiger partial charge in [-0.2, -0.15) is 0 Å². The molecule has 0 fully saturated rings. The topological polar surface area (TPSA) is 76.6 Å². The molecule has 28 heavy (non-hydrogen) atoms. The number of hydrogen-bond acceptors (Lipinski definition) is 6. The van der Waals surface area contributed by atoms with Crippen LogP contribution in [0.4, 0.5) is 5.69 Å². The molecule has 1 aromatic heterocycles. The quantitative estimate of drug-likeness (QED) is 0.414. The number of sulfonamides is 1. The number of aryl methyl sites for hydroxylation is 1. The number of anilines is 1. The van der Waals surface area contributed by atoms with Gasteiger partial charge in [-0.15, -0.1) is 11.3 Å². The fourth-order valence-corrected chi connectivity index (χ4v) is 7.12. The third-order valence-corrected chi connectivity index (χ3v) is 8.32. The second-order valence-corrected chi connectivity index (χ2v) is 11.1. The highest BCUT2D eigenvalue weighted by molar-refractivity contribution is 7.93. The summed E-state index contributed by atoms with van der Waals surface area (Å²) >= 11 is 13.5. The molecule has 1 unspecified atom stereocenters. The summed E-state index contributed by atoms with van der Waals surface area (Å²) in [4.78, 5) is 4.32. The highest BCUT2D eigenvalue weighted by Gasteiger charge is 2.28. The van der Waals surface area contributed by atoms with Gasteiger partial charge in [0.2, 0.25) is 8.03 Å². The standard InChI is InChI=1S/C17H17Cl2N2O4PS2/c1-3-25-26(22)10-21(14-4-5-17-16(9-14)20-11(2)27-17)28(23,24)15-7-12(18)6-13(19)8-15/h4-9,26H,3,10H2,1-2H3. The molecule has 0 aliphatic heterocycles. The van der Waals surface area contributed by atoms with Gasteiger partial charge in [-0.1, -0.05) is 23.2 Å². The Morgan fingerprint density at radius 2 is 1.86 bits per heavy atom. The van der Waals surface area contributed by atoms with Gasteiger partial charge in [-0.3, -0.25) is 8.87 Å². The Hall–Kier alpha value is -1.15. The minimum Gasteiger partial charge on any atom is -0.330 e. The van der Waals surface area contributed by atoms with Crippen molar-refractivity contribution in [3.8, 4) is 0 Å². The molecule has 0 spiro atoms. The van der Waals surface area contributed by atoms with Gasteiger partial charge in [-0.25, -0.2) is 13.4 Å². The van der Waals surface area contributed by atoms with E-state index < -0.39 is 18.1 Å². The van der Waals surface area contributed by atoms with Crippen LogP contribution >= 0.6 is 42.6 Å². The highest BCUT2D eigenvalue weighted by Crippen LogP contribution is 2.35. The summed E-state index contributed by atoms with van der Waals surface area (Å²) in [7, 11) is -6.72. The number of hydrogen-bond donors (Lipinski definition) is 0. The van der Waals surface area contributed by atoms with Crippen LogP contribution in [-0.2, 0) is 19.1 Å². The van der Waals surface area contributed by atoms with Crippen LogP contribution in [0, 0.1) is 6.92 Å². The van der Waals surface area contributed by atoms with Crippen molar-refractivity contribution in [1.82, 2.24) is 4.98 Å². The lowest BCUT2D eigenvalue weighted by Gasteiger charge is -2.24. The molecule has 0 saturated carbocycles. The van der Waals surface area contributed by atoms with Crippen molar-refractivity contribution in [2.45, 2.75) is 18.7 Å². The Morgan fingerprint density at radius 3 is 2.50 bits per heavy atom. The summed E-state index contributed by atoms with van der Waals surface area (Å²) < 4.78 is 46.1. The second-order valence-electron chi connectivity index (χ2n) is 5.81. The number of aromatic nitrogens is 1. The lowest BCUT2D eigenvalue weighted by Crippen LogP contribution is -2.31. The number of nitrogens with zero attached hydrogens (tertiary/aromatic N) is 2. The Bertz CT molecular complexity index is 1130. The van der Waals surface area contributed by atoms with Crippen molar-refractivity contribution < 1.29 is 17.5 Å². The summed E-state index contributed by atoms with van der Waals surface area (Å²) in [5.41, 5.74) is 1.01. The maximum Gasteiger partial charge on any atom is 0.264 e. The number of halogens is 2. The smallest absolute Gasteiger partial charge is 0.264 e. The third-order valence-electron chi connectivity index (χ3n) is 3.77. The SMILES string of the molecule is CCO[PH](=O)CN(c1ccc2sc(C)nc2c1)S(=O)(=O)c1cc(Cl)cc(Cl)c1. The van der Waals surface area contributed by atoms with Crippen LogP contribution in [0.5, 0.6) is 0 Å². The molecule has 0 aliphatic carbocycles. The zero-order valence-corrected chi connectivity index (χ0v) is 19.1.